The molecule has 0 saturated heterocycles. The number of nitrogens with one attached hydrogen (secondary N) is 1. The van der Waals surface area contributed by atoms with Crippen molar-refractivity contribution in [3.05, 3.63) is 24.0 Å². The number of pyridine rings is 1. The molecular formula is C15H23N3O2. The van der Waals surface area contributed by atoms with E-state index >= 15 is 0 Å². The highest BCUT2D eigenvalue weighted by Crippen LogP contribution is 2.40. The topological polar surface area (TPSA) is 88.2 Å². The summed E-state index contributed by atoms with van der Waals surface area (Å²) >= 11 is 0. The summed E-state index contributed by atoms with van der Waals surface area (Å²) in [6.45, 7) is 4.39. The van der Waals surface area contributed by atoms with Gasteiger partial charge in [-0.15, -0.1) is 0 Å². The zero-order chi connectivity index (χ0) is 14.7. The van der Waals surface area contributed by atoms with Crippen LogP contribution in [0.2, 0.25) is 0 Å². The molecule has 1 aromatic rings. The summed E-state index contributed by atoms with van der Waals surface area (Å²) in [5.74, 6) is 1.35. The van der Waals surface area contributed by atoms with Crippen LogP contribution in [-0.4, -0.2) is 22.2 Å². The standard InChI is InChI=1S/C15H23N3O2/c1-9(2)10-5-11(7-12(6-10)18-15(19)20)13-3-4-17-8-14(13)16/h3-4,8-12,18H,5-7,16H2,1-2H3,(H,19,20)/t10-,11+,12-/m0/s1. The Bertz CT molecular complexity index is 476. The zero-order valence-corrected chi connectivity index (χ0v) is 12.0. The number of carbonyl (C=O) groups is 1. The molecule has 5 nitrogen and oxygen atoms in total. The molecule has 110 valence electrons. The maximum absolute atomic E-state index is 10.9. The smallest absolute Gasteiger partial charge is 0.404 e. The highest BCUT2D eigenvalue weighted by molar-refractivity contribution is 5.64. The molecule has 0 bridgehead atoms. The van der Waals surface area contributed by atoms with Crippen LogP contribution in [0.25, 0.3) is 0 Å². The third kappa shape index (κ3) is 3.40. The second-order valence-electron chi connectivity index (χ2n) is 6.06. The van der Waals surface area contributed by atoms with Crippen molar-refractivity contribution in [2.75, 3.05) is 5.73 Å². The van der Waals surface area contributed by atoms with Crippen molar-refractivity contribution in [3.8, 4) is 0 Å². The molecule has 5 heteroatoms. The monoisotopic (exact) mass is 277 g/mol. The number of rotatable bonds is 3. The minimum atomic E-state index is -0.944. The van der Waals surface area contributed by atoms with Crippen LogP contribution < -0.4 is 11.1 Å². The molecule has 0 aromatic carbocycles. The lowest BCUT2D eigenvalue weighted by Gasteiger charge is -2.37. The van der Waals surface area contributed by atoms with Crippen molar-refractivity contribution >= 4 is 11.8 Å². The van der Waals surface area contributed by atoms with Crippen molar-refractivity contribution in [1.82, 2.24) is 10.3 Å². The second kappa shape index (κ2) is 6.11. The van der Waals surface area contributed by atoms with Gasteiger partial charge < -0.3 is 16.2 Å². The Morgan fingerprint density at radius 2 is 2.20 bits per heavy atom. The van der Waals surface area contributed by atoms with Crippen LogP contribution in [0.15, 0.2) is 18.5 Å². The molecule has 1 heterocycles. The molecule has 0 unspecified atom stereocenters. The minimum Gasteiger partial charge on any atom is -0.465 e. The number of aromatic nitrogens is 1. The first-order chi connectivity index (χ1) is 9.47. The molecule has 1 saturated carbocycles. The molecule has 3 atom stereocenters. The molecule has 0 spiro atoms. The van der Waals surface area contributed by atoms with Gasteiger partial charge in [-0.1, -0.05) is 13.8 Å². The first-order valence-electron chi connectivity index (χ1n) is 7.16. The van der Waals surface area contributed by atoms with Crippen molar-refractivity contribution in [1.29, 1.82) is 0 Å². The Hall–Kier alpha value is -1.78. The van der Waals surface area contributed by atoms with Crippen molar-refractivity contribution in [3.63, 3.8) is 0 Å². The van der Waals surface area contributed by atoms with Crippen LogP contribution in [0.5, 0.6) is 0 Å². The predicted molar refractivity (Wildman–Crippen MR) is 78.5 cm³/mol. The lowest BCUT2D eigenvalue weighted by molar-refractivity contribution is 0.169. The fourth-order valence-electron chi connectivity index (χ4n) is 3.24. The number of hydrogen-bond acceptors (Lipinski definition) is 3. The van der Waals surface area contributed by atoms with E-state index in [2.05, 4.69) is 24.1 Å². The van der Waals surface area contributed by atoms with E-state index in [0.29, 0.717) is 23.4 Å². The van der Waals surface area contributed by atoms with Crippen LogP contribution in [-0.2, 0) is 0 Å². The molecular weight excluding hydrogens is 254 g/mol. The number of carboxylic acid groups (broad SMARTS) is 1. The average molecular weight is 277 g/mol. The largest absolute Gasteiger partial charge is 0.465 e. The van der Waals surface area contributed by atoms with Crippen molar-refractivity contribution < 1.29 is 9.90 Å². The number of hydrogen-bond donors (Lipinski definition) is 3. The fraction of sp³-hybridized carbons (Fsp3) is 0.600. The van der Waals surface area contributed by atoms with E-state index in [0.717, 1.165) is 24.8 Å². The van der Waals surface area contributed by atoms with Crippen molar-refractivity contribution in [2.45, 2.75) is 45.1 Å². The normalized spacial score (nSPS) is 26.4. The lowest BCUT2D eigenvalue weighted by atomic mass is 9.71. The molecule has 1 amide bonds. The van der Waals surface area contributed by atoms with Gasteiger partial charge in [0.2, 0.25) is 0 Å². The minimum absolute atomic E-state index is 0.00575. The maximum Gasteiger partial charge on any atom is 0.404 e. The van der Waals surface area contributed by atoms with Gasteiger partial charge in [0.15, 0.2) is 0 Å². The Kier molecular flexibility index (Phi) is 4.47. The van der Waals surface area contributed by atoms with Gasteiger partial charge in [-0.2, -0.15) is 0 Å². The van der Waals surface area contributed by atoms with Crippen LogP contribution >= 0.6 is 0 Å². The quantitative estimate of drug-likeness (QED) is 0.792. The van der Waals surface area contributed by atoms with Gasteiger partial charge in [-0.25, -0.2) is 4.79 Å². The number of amides is 1. The summed E-state index contributed by atoms with van der Waals surface area (Å²) in [6, 6.07) is 1.96. The highest BCUT2D eigenvalue weighted by Gasteiger charge is 2.32. The average Bonchev–Trinajstić information content (AvgIpc) is 2.38. The summed E-state index contributed by atoms with van der Waals surface area (Å²) < 4.78 is 0. The van der Waals surface area contributed by atoms with Crippen LogP contribution in [0, 0.1) is 11.8 Å². The first-order valence-corrected chi connectivity index (χ1v) is 7.16. The van der Waals surface area contributed by atoms with E-state index in [1.165, 1.54) is 0 Å². The summed E-state index contributed by atoms with van der Waals surface area (Å²) in [6.07, 6.45) is 5.26. The van der Waals surface area contributed by atoms with E-state index in [4.69, 9.17) is 10.8 Å². The lowest BCUT2D eigenvalue weighted by Crippen LogP contribution is -2.40. The zero-order valence-electron chi connectivity index (χ0n) is 12.0. The summed E-state index contributed by atoms with van der Waals surface area (Å²) in [4.78, 5) is 14.9. The number of nitrogens with two attached hydrogens (primary N) is 1. The fourth-order valence-corrected chi connectivity index (χ4v) is 3.24. The van der Waals surface area contributed by atoms with E-state index in [-0.39, 0.29) is 6.04 Å². The molecule has 1 aromatic heterocycles. The molecule has 1 fully saturated rings. The highest BCUT2D eigenvalue weighted by atomic mass is 16.4. The van der Waals surface area contributed by atoms with Gasteiger partial charge in [0, 0.05) is 12.2 Å². The number of nitrogen functional groups attached to an aromatic ring is 1. The van der Waals surface area contributed by atoms with E-state index in [1.54, 1.807) is 12.4 Å². The number of nitrogens with zero attached hydrogens (tertiary/aromatic N) is 1. The number of anilines is 1. The van der Waals surface area contributed by atoms with E-state index < -0.39 is 6.09 Å². The van der Waals surface area contributed by atoms with Gasteiger partial charge >= 0.3 is 6.09 Å². The third-order valence-corrected chi connectivity index (χ3v) is 4.34. The Morgan fingerprint density at radius 3 is 2.80 bits per heavy atom. The van der Waals surface area contributed by atoms with Gasteiger partial charge in [-0.05, 0) is 48.6 Å². The summed E-state index contributed by atoms with van der Waals surface area (Å²) in [5, 5.41) is 11.6. The molecule has 2 rings (SSSR count). The Morgan fingerprint density at radius 1 is 1.45 bits per heavy atom. The molecule has 1 aliphatic carbocycles. The Labute approximate surface area is 119 Å². The van der Waals surface area contributed by atoms with Gasteiger partial charge in [0.1, 0.15) is 0 Å². The Balaban J connectivity index is 2.19. The van der Waals surface area contributed by atoms with Crippen LogP contribution in [0.1, 0.15) is 44.6 Å². The predicted octanol–water partition coefficient (Wildman–Crippen LogP) is 2.84. The van der Waals surface area contributed by atoms with Gasteiger partial charge in [-0.3, -0.25) is 4.98 Å². The third-order valence-electron chi connectivity index (χ3n) is 4.34. The summed E-state index contributed by atoms with van der Waals surface area (Å²) in [5.41, 5.74) is 7.82. The molecule has 0 aliphatic heterocycles. The van der Waals surface area contributed by atoms with E-state index in [9.17, 15) is 4.79 Å². The van der Waals surface area contributed by atoms with E-state index in [1.807, 2.05) is 6.07 Å². The van der Waals surface area contributed by atoms with Crippen LogP contribution in [0.4, 0.5) is 10.5 Å². The van der Waals surface area contributed by atoms with Crippen molar-refractivity contribution in [2.24, 2.45) is 11.8 Å². The maximum atomic E-state index is 10.9. The van der Waals surface area contributed by atoms with Gasteiger partial charge in [0.05, 0.1) is 11.9 Å². The molecule has 20 heavy (non-hydrogen) atoms. The molecule has 1 aliphatic rings. The van der Waals surface area contributed by atoms with Crippen LogP contribution in [0.3, 0.4) is 0 Å². The SMILES string of the molecule is CC(C)[C@@H]1C[C@H](NC(=O)O)C[C@H](c2ccncc2N)C1. The first kappa shape index (κ1) is 14.6. The molecule has 4 N–H and O–H groups in total. The summed E-state index contributed by atoms with van der Waals surface area (Å²) in [7, 11) is 0. The molecule has 0 radical (unpaired) electrons. The second-order valence-corrected chi connectivity index (χ2v) is 6.06. The van der Waals surface area contributed by atoms with Gasteiger partial charge in [0.25, 0.3) is 0 Å².